The number of ether oxygens (including phenoxy) is 1. The molecular weight excluding hydrogens is 408 g/mol. The van der Waals surface area contributed by atoms with Gasteiger partial charge < -0.3 is 19.9 Å². The first kappa shape index (κ1) is 19.8. The number of hydrogen-bond donors (Lipinski definition) is 1. The quantitative estimate of drug-likeness (QED) is 0.632. The Labute approximate surface area is 179 Å². The molecule has 1 aliphatic rings. The largest absolute Gasteiger partial charge is 0.492 e. The Balaban J connectivity index is 1.41. The molecule has 2 heterocycles. The van der Waals surface area contributed by atoms with Gasteiger partial charge in [0.2, 0.25) is 0 Å². The number of rotatable bonds is 4. The summed E-state index contributed by atoms with van der Waals surface area (Å²) in [6.07, 6.45) is 0. The zero-order valence-corrected chi connectivity index (χ0v) is 18.0. The lowest BCUT2D eigenvalue weighted by Gasteiger charge is -2.34. The van der Waals surface area contributed by atoms with Gasteiger partial charge in [0.1, 0.15) is 5.75 Å². The molecule has 1 N–H and O–H groups in total. The third-order valence-corrected chi connectivity index (χ3v) is 6.49. The van der Waals surface area contributed by atoms with Crippen molar-refractivity contribution in [3.05, 3.63) is 47.0 Å². The zero-order valence-electron chi connectivity index (χ0n) is 16.4. The second-order valence-electron chi connectivity index (χ2n) is 6.85. The van der Waals surface area contributed by atoms with Crippen LogP contribution in [0, 0.1) is 6.92 Å². The molecular formula is C21H23ClN4O2S. The summed E-state index contributed by atoms with van der Waals surface area (Å²) in [5, 5.41) is 4.69. The van der Waals surface area contributed by atoms with Gasteiger partial charge in [-0.3, -0.25) is 0 Å². The number of carbonyl (C=O) groups is 1. The smallest absolute Gasteiger partial charge is 0.322 e. The average Bonchev–Trinajstić information content (AvgIpc) is 3.18. The van der Waals surface area contributed by atoms with Crippen LogP contribution in [0.2, 0.25) is 5.02 Å². The van der Waals surface area contributed by atoms with E-state index in [9.17, 15) is 4.79 Å². The van der Waals surface area contributed by atoms with Crippen LogP contribution >= 0.6 is 22.9 Å². The Kier molecular flexibility index (Phi) is 5.78. The van der Waals surface area contributed by atoms with Gasteiger partial charge in [0, 0.05) is 31.2 Å². The maximum absolute atomic E-state index is 12.7. The standard InChI is InChI=1S/C21H23ClN4O2S/c1-3-28-17-7-5-4-6-16(17)23-20(27)25-10-12-26(13-11-25)21-24-19-14(2)15(22)8-9-18(19)29-21/h4-9H,3,10-13H2,1-2H3,(H,23,27). The Bertz CT molecular complexity index is 1030. The number of nitrogens with one attached hydrogen (secondary N) is 1. The first-order valence-corrected chi connectivity index (χ1v) is 10.8. The van der Waals surface area contributed by atoms with Crippen molar-refractivity contribution in [1.29, 1.82) is 0 Å². The van der Waals surface area contributed by atoms with Crippen LogP contribution in [0.5, 0.6) is 5.75 Å². The van der Waals surface area contributed by atoms with Gasteiger partial charge in [0.15, 0.2) is 5.13 Å². The summed E-state index contributed by atoms with van der Waals surface area (Å²) in [5.41, 5.74) is 2.67. The van der Waals surface area contributed by atoms with Gasteiger partial charge in [0.25, 0.3) is 0 Å². The lowest BCUT2D eigenvalue weighted by Crippen LogP contribution is -2.50. The molecule has 2 amide bonds. The minimum Gasteiger partial charge on any atom is -0.492 e. The summed E-state index contributed by atoms with van der Waals surface area (Å²) >= 11 is 7.89. The minimum absolute atomic E-state index is 0.108. The topological polar surface area (TPSA) is 57.7 Å². The van der Waals surface area contributed by atoms with Gasteiger partial charge in [-0.1, -0.05) is 35.1 Å². The average molecular weight is 431 g/mol. The van der Waals surface area contributed by atoms with E-state index in [-0.39, 0.29) is 6.03 Å². The summed E-state index contributed by atoms with van der Waals surface area (Å²) in [5.74, 6) is 0.686. The predicted octanol–water partition coefficient (Wildman–Crippen LogP) is 5.01. The normalized spacial score (nSPS) is 14.3. The third kappa shape index (κ3) is 4.11. The SMILES string of the molecule is CCOc1ccccc1NC(=O)N1CCN(c2nc3c(C)c(Cl)ccc3s2)CC1. The molecule has 6 nitrogen and oxygen atoms in total. The molecule has 2 aromatic carbocycles. The molecule has 152 valence electrons. The van der Waals surface area contributed by atoms with Gasteiger partial charge >= 0.3 is 6.03 Å². The van der Waals surface area contributed by atoms with Crippen LogP contribution in [0.25, 0.3) is 10.2 Å². The van der Waals surface area contributed by atoms with Gasteiger partial charge in [0.05, 0.1) is 22.5 Å². The Morgan fingerprint density at radius 2 is 1.97 bits per heavy atom. The van der Waals surface area contributed by atoms with E-state index < -0.39 is 0 Å². The summed E-state index contributed by atoms with van der Waals surface area (Å²) < 4.78 is 6.72. The van der Waals surface area contributed by atoms with Crippen molar-refractivity contribution in [2.75, 3.05) is 43.0 Å². The van der Waals surface area contributed by atoms with Crippen molar-refractivity contribution in [1.82, 2.24) is 9.88 Å². The molecule has 0 bridgehead atoms. The number of amides is 2. The van der Waals surface area contributed by atoms with Crippen LogP contribution in [-0.2, 0) is 0 Å². The molecule has 4 rings (SSSR count). The van der Waals surface area contributed by atoms with Crippen molar-refractivity contribution >= 4 is 50.0 Å². The van der Waals surface area contributed by atoms with Crippen molar-refractivity contribution < 1.29 is 9.53 Å². The lowest BCUT2D eigenvalue weighted by atomic mass is 10.2. The highest BCUT2D eigenvalue weighted by Gasteiger charge is 2.24. The summed E-state index contributed by atoms with van der Waals surface area (Å²) in [4.78, 5) is 21.6. The number of aromatic nitrogens is 1. The van der Waals surface area contributed by atoms with Crippen LogP contribution in [0.15, 0.2) is 36.4 Å². The van der Waals surface area contributed by atoms with Gasteiger partial charge in [-0.2, -0.15) is 0 Å². The minimum atomic E-state index is -0.108. The molecule has 0 spiro atoms. The number of benzene rings is 2. The first-order valence-electron chi connectivity index (χ1n) is 9.65. The number of urea groups is 1. The first-order chi connectivity index (χ1) is 14.1. The number of thiazole rings is 1. The van der Waals surface area contributed by atoms with Crippen molar-refractivity contribution in [3.8, 4) is 5.75 Å². The number of piperazine rings is 1. The summed E-state index contributed by atoms with van der Waals surface area (Å²) in [7, 11) is 0. The van der Waals surface area contributed by atoms with E-state index in [0.29, 0.717) is 31.1 Å². The second kappa shape index (κ2) is 8.47. The molecule has 0 atom stereocenters. The number of halogens is 1. The number of carbonyl (C=O) groups excluding carboxylic acids is 1. The van der Waals surface area contributed by atoms with E-state index in [1.54, 1.807) is 11.3 Å². The molecule has 3 aromatic rings. The highest BCUT2D eigenvalue weighted by atomic mass is 35.5. The van der Waals surface area contributed by atoms with E-state index in [0.717, 1.165) is 39.0 Å². The van der Waals surface area contributed by atoms with Crippen LogP contribution < -0.4 is 15.0 Å². The molecule has 29 heavy (non-hydrogen) atoms. The highest BCUT2D eigenvalue weighted by molar-refractivity contribution is 7.22. The predicted molar refractivity (Wildman–Crippen MR) is 120 cm³/mol. The van der Waals surface area contributed by atoms with Gasteiger partial charge in [-0.15, -0.1) is 0 Å². The molecule has 0 saturated carbocycles. The van der Waals surface area contributed by atoms with E-state index in [1.807, 2.05) is 55.1 Å². The van der Waals surface area contributed by atoms with Crippen LogP contribution in [0.1, 0.15) is 12.5 Å². The van der Waals surface area contributed by atoms with E-state index in [2.05, 4.69) is 10.2 Å². The third-order valence-electron chi connectivity index (χ3n) is 5.00. The number of aryl methyl sites for hydroxylation is 1. The van der Waals surface area contributed by atoms with E-state index >= 15 is 0 Å². The Hall–Kier alpha value is -2.51. The number of para-hydroxylation sites is 2. The maximum atomic E-state index is 12.7. The molecule has 8 heteroatoms. The maximum Gasteiger partial charge on any atom is 0.322 e. The number of anilines is 2. The number of hydrogen-bond acceptors (Lipinski definition) is 5. The van der Waals surface area contributed by atoms with Crippen molar-refractivity contribution in [2.45, 2.75) is 13.8 Å². The molecule has 1 aromatic heterocycles. The van der Waals surface area contributed by atoms with Crippen molar-refractivity contribution in [3.63, 3.8) is 0 Å². The van der Waals surface area contributed by atoms with Gasteiger partial charge in [-0.25, -0.2) is 9.78 Å². The highest BCUT2D eigenvalue weighted by Crippen LogP contribution is 2.34. The summed E-state index contributed by atoms with van der Waals surface area (Å²) in [6, 6.07) is 11.3. The van der Waals surface area contributed by atoms with Crippen LogP contribution in [0.3, 0.4) is 0 Å². The summed E-state index contributed by atoms with van der Waals surface area (Å²) in [6.45, 7) is 7.24. The molecule has 0 aliphatic carbocycles. The Morgan fingerprint density at radius 1 is 1.21 bits per heavy atom. The van der Waals surface area contributed by atoms with Crippen LogP contribution in [-0.4, -0.2) is 48.7 Å². The van der Waals surface area contributed by atoms with Crippen LogP contribution in [0.4, 0.5) is 15.6 Å². The molecule has 1 saturated heterocycles. The monoisotopic (exact) mass is 430 g/mol. The second-order valence-corrected chi connectivity index (χ2v) is 8.27. The van der Waals surface area contributed by atoms with Gasteiger partial charge in [-0.05, 0) is 43.7 Å². The zero-order chi connectivity index (χ0) is 20.4. The van der Waals surface area contributed by atoms with E-state index in [1.165, 1.54) is 0 Å². The molecule has 1 fully saturated rings. The van der Waals surface area contributed by atoms with E-state index in [4.69, 9.17) is 21.3 Å². The Morgan fingerprint density at radius 3 is 2.72 bits per heavy atom. The fourth-order valence-corrected chi connectivity index (χ4v) is 4.60. The fourth-order valence-electron chi connectivity index (χ4n) is 3.37. The molecule has 0 radical (unpaired) electrons. The molecule has 1 aliphatic heterocycles. The lowest BCUT2D eigenvalue weighted by molar-refractivity contribution is 0.208. The molecule has 0 unspecified atom stereocenters. The number of nitrogens with zero attached hydrogens (tertiary/aromatic N) is 3. The fraction of sp³-hybridized carbons (Fsp3) is 0.333. The number of fused-ring (bicyclic) bond motifs is 1. The van der Waals surface area contributed by atoms with Crippen molar-refractivity contribution in [2.24, 2.45) is 0 Å².